The predicted molar refractivity (Wildman–Crippen MR) is 150 cm³/mol. The summed E-state index contributed by atoms with van der Waals surface area (Å²) in [5.41, 5.74) is 9.66. The fourth-order valence-corrected chi connectivity index (χ4v) is 4.68. The Balaban J connectivity index is 1.20. The number of hydrogen-bond donors (Lipinski definition) is 3. The van der Waals surface area contributed by atoms with E-state index in [1.54, 1.807) is 12.4 Å². The highest BCUT2D eigenvalue weighted by Crippen LogP contribution is 2.30. The number of rotatable bonds is 7. The van der Waals surface area contributed by atoms with Gasteiger partial charge in [0, 0.05) is 60.8 Å². The second-order valence-electron chi connectivity index (χ2n) is 9.22. The minimum atomic E-state index is 0.599. The average molecular weight is 510 g/mol. The minimum absolute atomic E-state index is 0.599. The van der Waals surface area contributed by atoms with Crippen LogP contribution in [0.25, 0.3) is 56.1 Å². The van der Waals surface area contributed by atoms with Gasteiger partial charge >= 0.3 is 0 Å². The number of imidazole rings is 1. The van der Waals surface area contributed by atoms with Crippen LogP contribution in [0.1, 0.15) is 11.1 Å². The van der Waals surface area contributed by atoms with Gasteiger partial charge in [-0.25, -0.2) is 15.0 Å². The van der Waals surface area contributed by atoms with Gasteiger partial charge in [0.25, 0.3) is 0 Å². The maximum absolute atomic E-state index is 4.96. The molecular weight excluding hydrogens is 486 g/mol. The Hall–Kier alpha value is -5.28. The first kappa shape index (κ1) is 22.9. The lowest BCUT2D eigenvalue weighted by Crippen LogP contribution is -2.12. The Morgan fingerprint density at radius 3 is 2.54 bits per heavy atom. The van der Waals surface area contributed by atoms with Gasteiger partial charge in [0.05, 0.1) is 16.7 Å². The van der Waals surface area contributed by atoms with E-state index in [4.69, 9.17) is 9.97 Å². The summed E-state index contributed by atoms with van der Waals surface area (Å²) in [4.78, 5) is 26.3. The number of aromatic nitrogens is 8. The summed E-state index contributed by atoms with van der Waals surface area (Å²) in [6.45, 7) is 1.50. The summed E-state index contributed by atoms with van der Waals surface area (Å²) in [7, 11) is 0. The summed E-state index contributed by atoms with van der Waals surface area (Å²) >= 11 is 0. The first-order valence-electron chi connectivity index (χ1n) is 12.6. The largest absolute Gasteiger partial charge is 0.335 e. The molecule has 0 aliphatic carbocycles. The SMILES string of the molecule is c1ccc(CNCc2cncc(-c3ccc4[nH]nc(-c5nc6nccc(-c7cccnc7)c6[nH]5)c4n3)c2)cc1. The summed E-state index contributed by atoms with van der Waals surface area (Å²) < 4.78 is 0. The molecule has 0 saturated heterocycles. The van der Waals surface area contributed by atoms with Crippen molar-refractivity contribution in [3.8, 4) is 33.9 Å². The number of fused-ring (bicyclic) bond motifs is 2. The third-order valence-electron chi connectivity index (χ3n) is 6.59. The molecule has 0 bridgehead atoms. The number of nitrogens with zero attached hydrogens (tertiary/aromatic N) is 6. The van der Waals surface area contributed by atoms with E-state index in [0.29, 0.717) is 23.7 Å². The number of aromatic amines is 2. The molecule has 0 atom stereocenters. The first-order chi connectivity index (χ1) is 19.3. The molecule has 0 amide bonds. The molecule has 0 radical (unpaired) electrons. The molecule has 0 aliphatic heterocycles. The molecule has 7 aromatic rings. The van der Waals surface area contributed by atoms with E-state index in [1.165, 1.54) is 5.56 Å². The van der Waals surface area contributed by atoms with Crippen molar-refractivity contribution in [3.63, 3.8) is 0 Å². The topological polar surface area (TPSA) is 121 Å². The van der Waals surface area contributed by atoms with Crippen LogP contribution >= 0.6 is 0 Å². The highest BCUT2D eigenvalue weighted by molar-refractivity contribution is 5.94. The highest BCUT2D eigenvalue weighted by atomic mass is 15.2. The number of H-pyrrole nitrogens is 2. The van der Waals surface area contributed by atoms with Gasteiger partial charge in [-0.05, 0) is 41.5 Å². The fraction of sp³-hybridized carbons (Fsp3) is 0.0667. The minimum Gasteiger partial charge on any atom is -0.335 e. The number of benzene rings is 1. The number of hydrogen-bond acceptors (Lipinski definition) is 7. The Bertz CT molecular complexity index is 1890. The van der Waals surface area contributed by atoms with Crippen LogP contribution in [0.4, 0.5) is 0 Å². The lowest BCUT2D eigenvalue weighted by Gasteiger charge is -2.07. The molecule has 3 N–H and O–H groups in total. The van der Waals surface area contributed by atoms with Crippen LogP contribution in [-0.4, -0.2) is 40.1 Å². The lowest BCUT2D eigenvalue weighted by atomic mass is 10.1. The molecule has 0 saturated carbocycles. The third kappa shape index (κ3) is 4.51. The summed E-state index contributed by atoms with van der Waals surface area (Å²) in [6.07, 6.45) is 9.05. The Kier molecular flexibility index (Phi) is 5.80. The average Bonchev–Trinajstić information content (AvgIpc) is 3.62. The van der Waals surface area contributed by atoms with E-state index < -0.39 is 0 Å². The van der Waals surface area contributed by atoms with Crippen molar-refractivity contribution in [2.45, 2.75) is 13.1 Å². The van der Waals surface area contributed by atoms with Gasteiger partial charge in [-0.15, -0.1) is 0 Å². The van der Waals surface area contributed by atoms with Crippen molar-refractivity contribution in [1.82, 2.24) is 45.4 Å². The summed E-state index contributed by atoms with van der Waals surface area (Å²) in [5.74, 6) is 0.599. The van der Waals surface area contributed by atoms with Crippen LogP contribution in [0.2, 0.25) is 0 Å². The second kappa shape index (κ2) is 9.88. The van der Waals surface area contributed by atoms with E-state index in [2.05, 4.69) is 53.6 Å². The van der Waals surface area contributed by atoms with Crippen LogP contribution in [0.15, 0.2) is 97.7 Å². The second-order valence-corrected chi connectivity index (χ2v) is 9.22. The summed E-state index contributed by atoms with van der Waals surface area (Å²) in [5, 5.41) is 11.1. The van der Waals surface area contributed by atoms with Crippen LogP contribution < -0.4 is 5.32 Å². The van der Waals surface area contributed by atoms with E-state index >= 15 is 0 Å². The van der Waals surface area contributed by atoms with Crippen molar-refractivity contribution in [2.75, 3.05) is 0 Å². The zero-order chi connectivity index (χ0) is 26.0. The molecule has 0 fully saturated rings. The van der Waals surface area contributed by atoms with Crippen molar-refractivity contribution >= 4 is 22.2 Å². The van der Waals surface area contributed by atoms with Crippen LogP contribution in [0, 0.1) is 0 Å². The molecule has 0 unspecified atom stereocenters. The van der Waals surface area contributed by atoms with E-state index in [0.717, 1.165) is 51.0 Å². The zero-order valence-corrected chi connectivity index (χ0v) is 20.8. The van der Waals surface area contributed by atoms with Crippen molar-refractivity contribution < 1.29 is 0 Å². The van der Waals surface area contributed by atoms with Gasteiger partial charge in [-0.2, -0.15) is 5.10 Å². The number of pyridine rings is 4. The third-order valence-corrected chi connectivity index (χ3v) is 6.59. The molecule has 9 heteroatoms. The van der Waals surface area contributed by atoms with Crippen molar-refractivity contribution in [1.29, 1.82) is 0 Å². The van der Waals surface area contributed by atoms with E-state index in [1.807, 2.05) is 67.1 Å². The Labute approximate surface area is 223 Å². The predicted octanol–water partition coefficient (Wildman–Crippen LogP) is 5.31. The van der Waals surface area contributed by atoms with Gasteiger partial charge in [0.15, 0.2) is 17.2 Å². The van der Waals surface area contributed by atoms with Gasteiger partial charge < -0.3 is 10.3 Å². The molecule has 0 spiro atoms. The Morgan fingerprint density at radius 2 is 1.64 bits per heavy atom. The summed E-state index contributed by atoms with van der Waals surface area (Å²) in [6, 6.07) is 22.3. The number of nitrogens with one attached hydrogen (secondary N) is 3. The monoisotopic (exact) mass is 509 g/mol. The molecule has 1 aromatic carbocycles. The molecule has 6 heterocycles. The first-order valence-corrected chi connectivity index (χ1v) is 12.6. The maximum atomic E-state index is 4.96. The van der Waals surface area contributed by atoms with Gasteiger partial charge in [0.1, 0.15) is 5.52 Å². The smallest absolute Gasteiger partial charge is 0.178 e. The van der Waals surface area contributed by atoms with Crippen LogP contribution in [0.5, 0.6) is 0 Å². The van der Waals surface area contributed by atoms with Crippen LogP contribution in [-0.2, 0) is 13.1 Å². The maximum Gasteiger partial charge on any atom is 0.178 e. The van der Waals surface area contributed by atoms with Gasteiger partial charge in [-0.1, -0.05) is 36.4 Å². The Morgan fingerprint density at radius 1 is 0.744 bits per heavy atom. The lowest BCUT2D eigenvalue weighted by molar-refractivity contribution is 0.691. The van der Waals surface area contributed by atoms with E-state index in [-0.39, 0.29) is 0 Å². The molecule has 7 rings (SSSR count). The van der Waals surface area contributed by atoms with Crippen LogP contribution in [0.3, 0.4) is 0 Å². The molecule has 9 nitrogen and oxygen atoms in total. The molecule has 188 valence electrons. The standard InChI is InChI=1S/C30H23N9/c1-2-5-19(6-3-1)14-32-15-20-13-22(18-33-16-20)24-8-9-25-27(35-24)28(39-38-25)30-36-26-23(10-12-34-29(26)37-30)21-7-4-11-31-17-21/h1-13,16-18,32H,14-15H2,(H,38,39)(H,34,36,37). The van der Waals surface area contributed by atoms with E-state index in [9.17, 15) is 0 Å². The highest BCUT2D eigenvalue weighted by Gasteiger charge is 2.17. The molecule has 6 aromatic heterocycles. The zero-order valence-electron chi connectivity index (χ0n) is 20.8. The van der Waals surface area contributed by atoms with Gasteiger partial charge in [-0.3, -0.25) is 15.1 Å². The van der Waals surface area contributed by atoms with Crippen molar-refractivity contribution in [3.05, 3.63) is 109 Å². The molecular formula is C30H23N9. The molecule has 0 aliphatic rings. The fourth-order valence-electron chi connectivity index (χ4n) is 4.68. The molecule has 39 heavy (non-hydrogen) atoms. The van der Waals surface area contributed by atoms with Crippen molar-refractivity contribution in [2.24, 2.45) is 0 Å². The van der Waals surface area contributed by atoms with Gasteiger partial charge in [0.2, 0.25) is 0 Å². The quantitative estimate of drug-likeness (QED) is 0.266. The normalized spacial score (nSPS) is 11.4.